The zero-order valence-corrected chi connectivity index (χ0v) is 6.49. The van der Waals surface area contributed by atoms with Gasteiger partial charge < -0.3 is 4.90 Å². The quantitative estimate of drug-likeness (QED) is 0.420. The second kappa shape index (κ2) is 6.81. The van der Waals surface area contributed by atoms with Gasteiger partial charge in [-0.2, -0.15) is 0 Å². The van der Waals surface area contributed by atoms with Gasteiger partial charge in [0.1, 0.15) is 0 Å². The zero-order valence-electron chi connectivity index (χ0n) is 6.49. The summed E-state index contributed by atoms with van der Waals surface area (Å²) in [5, 5.41) is 0. The van der Waals surface area contributed by atoms with Gasteiger partial charge in [-0.15, -0.1) is 13.2 Å². The fraction of sp³-hybridized carbons (Fsp3) is 0.222. The van der Waals surface area contributed by atoms with Crippen molar-refractivity contribution in [1.29, 1.82) is 0 Å². The highest BCUT2D eigenvalue weighted by atomic mass is 16.1. The van der Waals surface area contributed by atoms with Gasteiger partial charge in [-0.1, -0.05) is 12.2 Å². The molecule has 0 bridgehead atoms. The molecule has 0 aromatic carbocycles. The van der Waals surface area contributed by atoms with Crippen molar-refractivity contribution in [3.63, 3.8) is 0 Å². The molecule has 2 heteroatoms. The summed E-state index contributed by atoms with van der Waals surface area (Å²) in [6.45, 7) is 8.59. The van der Waals surface area contributed by atoms with E-state index in [0.717, 1.165) is 0 Å². The van der Waals surface area contributed by atoms with Gasteiger partial charge >= 0.3 is 0 Å². The van der Waals surface area contributed by atoms with Crippen molar-refractivity contribution in [2.24, 2.45) is 0 Å². The zero-order chi connectivity index (χ0) is 8.53. The molecule has 0 aromatic rings. The Kier molecular flexibility index (Phi) is 5.99. The lowest BCUT2D eigenvalue weighted by Gasteiger charge is -2.14. The molecule has 0 saturated heterocycles. The lowest BCUT2D eigenvalue weighted by atomic mass is 10.4. The van der Waals surface area contributed by atoms with Crippen LogP contribution >= 0.6 is 0 Å². The van der Waals surface area contributed by atoms with Crippen LogP contribution in [0.25, 0.3) is 0 Å². The molecule has 0 aliphatic heterocycles. The van der Waals surface area contributed by atoms with E-state index in [-0.39, 0.29) is 0 Å². The van der Waals surface area contributed by atoms with Gasteiger partial charge in [0.25, 0.3) is 0 Å². The maximum Gasteiger partial charge on any atom is 0.227 e. The van der Waals surface area contributed by atoms with Crippen LogP contribution in [0.1, 0.15) is 0 Å². The monoisotopic (exact) mass is 150 g/mol. The van der Waals surface area contributed by atoms with Gasteiger partial charge in [-0.3, -0.25) is 4.79 Å². The van der Waals surface area contributed by atoms with Crippen LogP contribution in [0, 0.1) is 0 Å². The van der Waals surface area contributed by atoms with Gasteiger partial charge in [0.15, 0.2) is 0 Å². The minimum absolute atomic E-state index is 0.712. The van der Waals surface area contributed by atoms with E-state index in [4.69, 9.17) is 0 Å². The van der Waals surface area contributed by atoms with Crippen molar-refractivity contribution in [1.82, 2.24) is 4.90 Å². The highest BCUT2D eigenvalue weighted by Gasteiger charge is 1.89. The fourth-order valence-electron chi connectivity index (χ4n) is 0.664. The highest BCUT2D eigenvalue weighted by Crippen LogP contribution is 1.89. The van der Waals surface area contributed by atoms with Crippen molar-refractivity contribution < 1.29 is 4.79 Å². The average Bonchev–Trinajstić information content (AvgIpc) is 2.01. The van der Waals surface area contributed by atoms with E-state index in [0.29, 0.717) is 13.1 Å². The Hall–Kier alpha value is -1.31. The third kappa shape index (κ3) is 5.15. The third-order valence-electron chi connectivity index (χ3n) is 1.08. The number of rotatable bonds is 6. The van der Waals surface area contributed by atoms with Gasteiger partial charge in [0.2, 0.25) is 6.29 Å². The Bertz CT molecular complexity index is 151. The standard InChI is InChI=1S/C9H12NO/c1-3-6-10(7-4-2)8-5-9-11/h3-5,8H,1-2,6-7H2. The minimum atomic E-state index is 0.712. The largest absolute Gasteiger partial charge is 0.370 e. The fourth-order valence-corrected chi connectivity index (χ4v) is 0.664. The minimum Gasteiger partial charge on any atom is -0.370 e. The predicted molar refractivity (Wildman–Crippen MR) is 46.8 cm³/mol. The van der Waals surface area contributed by atoms with Crippen molar-refractivity contribution >= 4 is 6.29 Å². The predicted octanol–water partition coefficient (Wildman–Crippen LogP) is 1.28. The van der Waals surface area contributed by atoms with Crippen molar-refractivity contribution in [3.05, 3.63) is 37.6 Å². The summed E-state index contributed by atoms with van der Waals surface area (Å²) in [5.74, 6) is 0. The molecule has 0 unspecified atom stereocenters. The number of hydrogen-bond donors (Lipinski definition) is 0. The van der Waals surface area contributed by atoms with E-state index < -0.39 is 0 Å². The summed E-state index contributed by atoms with van der Waals surface area (Å²) in [7, 11) is 0. The molecule has 11 heavy (non-hydrogen) atoms. The first-order chi connectivity index (χ1) is 5.35. The second-order valence-electron chi connectivity index (χ2n) is 1.96. The molecule has 0 rings (SSSR count). The van der Waals surface area contributed by atoms with Crippen LogP contribution in [-0.2, 0) is 4.79 Å². The summed E-state index contributed by atoms with van der Waals surface area (Å²) < 4.78 is 0. The van der Waals surface area contributed by atoms with Crippen LogP contribution in [0.4, 0.5) is 0 Å². The Morgan fingerprint density at radius 3 is 2.18 bits per heavy atom. The lowest BCUT2D eigenvalue weighted by molar-refractivity contribution is 0.462. The molecule has 0 atom stereocenters. The molecular formula is C9H12NO. The van der Waals surface area contributed by atoms with Crippen molar-refractivity contribution in [3.8, 4) is 0 Å². The Balaban J connectivity index is 3.85. The molecule has 59 valence electrons. The molecule has 0 saturated carbocycles. The van der Waals surface area contributed by atoms with E-state index in [1.807, 2.05) is 4.90 Å². The summed E-state index contributed by atoms with van der Waals surface area (Å²) in [4.78, 5) is 11.7. The molecule has 1 radical (unpaired) electrons. The van der Waals surface area contributed by atoms with E-state index in [9.17, 15) is 4.79 Å². The molecule has 0 aromatic heterocycles. The van der Waals surface area contributed by atoms with Crippen LogP contribution < -0.4 is 0 Å². The van der Waals surface area contributed by atoms with Crippen LogP contribution in [0.5, 0.6) is 0 Å². The van der Waals surface area contributed by atoms with E-state index in [1.54, 1.807) is 24.6 Å². The molecule has 0 N–H and O–H groups in total. The maximum atomic E-state index is 9.83. The summed E-state index contributed by atoms with van der Waals surface area (Å²) in [6.07, 6.45) is 8.19. The average molecular weight is 150 g/mol. The Morgan fingerprint density at radius 1 is 1.27 bits per heavy atom. The van der Waals surface area contributed by atoms with Crippen molar-refractivity contribution in [2.75, 3.05) is 13.1 Å². The molecule has 0 aliphatic rings. The number of hydrogen-bond acceptors (Lipinski definition) is 2. The third-order valence-corrected chi connectivity index (χ3v) is 1.08. The summed E-state index contributed by atoms with van der Waals surface area (Å²) in [6, 6.07) is 0. The summed E-state index contributed by atoms with van der Waals surface area (Å²) in [5.41, 5.74) is 0. The molecule has 2 nitrogen and oxygen atoms in total. The molecule has 0 fully saturated rings. The van der Waals surface area contributed by atoms with Gasteiger partial charge in [0, 0.05) is 25.4 Å². The number of allylic oxidation sites excluding steroid dienone is 1. The van der Waals surface area contributed by atoms with Gasteiger partial charge in [0.05, 0.1) is 0 Å². The smallest absolute Gasteiger partial charge is 0.227 e. The topological polar surface area (TPSA) is 20.3 Å². The van der Waals surface area contributed by atoms with Gasteiger partial charge in [-0.05, 0) is 0 Å². The van der Waals surface area contributed by atoms with Crippen LogP contribution in [0.15, 0.2) is 37.6 Å². The van der Waals surface area contributed by atoms with Crippen LogP contribution in [0.2, 0.25) is 0 Å². The molecule has 0 heterocycles. The number of carbonyl (C=O) groups excluding carboxylic acids is 1. The van der Waals surface area contributed by atoms with Gasteiger partial charge in [-0.25, -0.2) is 0 Å². The second-order valence-corrected chi connectivity index (χ2v) is 1.96. The Labute approximate surface area is 67.5 Å². The maximum absolute atomic E-state index is 9.83. The van der Waals surface area contributed by atoms with E-state index in [2.05, 4.69) is 13.2 Å². The molecule has 0 aliphatic carbocycles. The molecule has 0 spiro atoms. The number of nitrogens with zero attached hydrogens (tertiary/aromatic N) is 1. The first kappa shape index (κ1) is 9.69. The SMILES string of the molecule is C=CCN(C=C[C]=O)CC=C. The molecular weight excluding hydrogens is 138 g/mol. The lowest BCUT2D eigenvalue weighted by Crippen LogP contribution is -2.16. The van der Waals surface area contributed by atoms with Crippen LogP contribution in [-0.4, -0.2) is 24.3 Å². The van der Waals surface area contributed by atoms with Crippen LogP contribution in [0.3, 0.4) is 0 Å². The van der Waals surface area contributed by atoms with E-state index >= 15 is 0 Å². The normalized spacial score (nSPS) is 9.45. The first-order valence-electron chi connectivity index (χ1n) is 3.35. The summed E-state index contributed by atoms with van der Waals surface area (Å²) >= 11 is 0. The Morgan fingerprint density at radius 2 is 1.82 bits per heavy atom. The van der Waals surface area contributed by atoms with Crippen molar-refractivity contribution in [2.45, 2.75) is 0 Å². The molecule has 0 amide bonds. The first-order valence-corrected chi connectivity index (χ1v) is 3.35. The highest BCUT2D eigenvalue weighted by molar-refractivity contribution is 5.65. The van der Waals surface area contributed by atoms with E-state index in [1.165, 1.54) is 6.08 Å².